The first kappa shape index (κ1) is 17.4. The van der Waals surface area contributed by atoms with Gasteiger partial charge in [-0.3, -0.25) is 9.97 Å². The molecule has 6 nitrogen and oxygen atoms in total. The standard InChI is InChI=1S/C19H25N5O/c1-24(2)13-16-11-15(8-10-20-16)23-19(25)22-12-18-17-6-4-3-5-14(17)7-9-21-18/h7-11H,3-6,12-13H2,1-2H3,(H2,20,22,23,25). The van der Waals surface area contributed by atoms with Gasteiger partial charge in [-0.05, 0) is 69.1 Å². The van der Waals surface area contributed by atoms with Crippen LogP contribution in [0.4, 0.5) is 10.5 Å². The number of urea groups is 1. The molecule has 1 aliphatic carbocycles. The topological polar surface area (TPSA) is 70.2 Å². The number of aromatic nitrogens is 2. The highest BCUT2D eigenvalue weighted by molar-refractivity contribution is 5.89. The first-order chi connectivity index (χ1) is 12.1. The van der Waals surface area contributed by atoms with Crippen molar-refractivity contribution in [2.75, 3.05) is 19.4 Å². The van der Waals surface area contributed by atoms with Crippen LogP contribution in [0.25, 0.3) is 0 Å². The molecule has 0 aliphatic heterocycles. The number of carbonyl (C=O) groups is 1. The zero-order valence-corrected chi connectivity index (χ0v) is 14.9. The molecule has 1 aliphatic rings. The minimum absolute atomic E-state index is 0.225. The summed E-state index contributed by atoms with van der Waals surface area (Å²) in [6.07, 6.45) is 8.16. The van der Waals surface area contributed by atoms with Crippen LogP contribution < -0.4 is 10.6 Å². The minimum Gasteiger partial charge on any atom is -0.332 e. The molecule has 6 heteroatoms. The lowest BCUT2D eigenvalue weighted by Crippen LogP contribution is -2.29. The van der Waals surface area contributed by atoms with Crippen molar-refractivity contribution < 1.29 is 4.79 Å². The second-order valence-electron chi connectivity index (χ2n) is 6.68. The van der Waals surface area contributed by atoms with Gasteiger partial charge in [0.2, 0.25) is 0 Å². The Morgan fingerprint density at radius 2 is 1.96 bits per heavy atom. The summed E-state index contributed by atoms with van der Waals surface area (Å²) in [4.78, 5) is 23.0. The van der Waals surface area contributed by atoms with E-state index in [1.165, 1.54) is 24.0 Å². The van der Waals surface area contributed by atoms with Gasteiger partial charge in [0, 0.05) is 24.6 Å². The molecule has 0 atom stereocenters. The van der Waals surface area contributed by atoms with Gasteiger partial charge in [0.15, 0.2) is 0 Å². The molecular formula is C19H25N5O. The van der Waals surface area contributed by atoms with E-state index < -0.39 is 0 Å². The molecule has 0 fully saturated rings. The van der Waals surface area contributed by atoms with Gasteiger partial charge in [-0.1, -0.05) is 0 Å². The third-order valence-electron chi connectivity index (χ3n) is 4.33. The van der Waals surface area contributed by atoms with Crippen molar-refractivity contribution in [2.24, 2.45) is 0 Å². The molecule has 0 spiro atoms. The van der Waals surface area contributed by atoms with E-state index in [0.717, 1.165) is 36.5 Å². The molecule has 2 aromatic rings. The van der Waals surface area contributed by atoms with Gasteiger partial charge in [0.1, 0.15) is 0 Å². The molecule has 0 aromatic carbocycles. The molecule has 0 saturated carbocycles. The second-order valence-corrected chi connectivity index (χ2v) is 6.68. The number of pyridine rings is 2. The quantitative estimate of drug-likeness (QED) is 0.879. The molecule has 2 aromatic heterocycles. The van der Waals surface area contributed by atoms with E-state index >= 15 is 0 Å². The van der Waals surface area contributed by atoms with E-state index in [9.17, 15) is 4.79 Å². The number of amides is 2. The summed E-state index contributed by atoms with van der Waals surface area (Å²) in [5.74, 6) is 0. The maximum absolute atomic E-state index is 12.2. The van der Waals surface area contributed by atoms with Crippen molar-refractivity contribution in [1.82, 2.24) is 20.2 Å². The lowest BCUT2D eigenvalue weighted by atomic mass is 9.91. The van der Waals surface area contributed by atoms with Gasteiger partial charge in [-0.2, -0.15) is 0 Å². The molecule has 0 radical (unpaired) electrons. The lowest BCUT2D eigenvalue weighted by Gasteiger charge is -2.18. The number of rotatable bonds is 5. The van der Waals surface area contributed by atoms with Gasteiger partial charge >= 0.3 is 6.03 Å². The van der Waals surface area contributed by atoms with Gasteiger partial charge < -0.3 is 15.5 Å². The fraction of sp³-hybridized carbons (Fsp3) is 0.421. The van der Waals surface area contributed by atoms with Crippen LogP contribution in [0.5, 0.6) is 0 Å². The Bertz CT molecular complexity index is 744. The first-order valence-corrected chi connectivity index (χ1v) is 8.72. The van der Waals surface area contributed by atoms with E-state index in [-0.39, 0.29) is 6.03 Å². The maximum atomic E-state index is 12.2. The third kappa shape index (κ3) is 4.76. The zero-order valence-electron chi connectivity index (χ0n) is 14.9. The van der Waals surface area contributed by atoms with Crippen molar-refractivity contribution in [3.8, 4) is 0 Å². The van der Waals surface area contributed by atoms with E-state index in [1.54, 1.807) is 12.3 Å². The molecule has 132 valence electrons. The first-order valence-electron chi connectivity index (χ1n) is 8.72. The van der Waals surface area contributed by atoms with Crippen LogP contribution in [0.1, 0.15) is 35.4 Å². The van der Waals surface area contributed by atoms with Crippen LogP contribution in [-0.2, 0) is 25.9 Å². The third-order valence-corrected chi connectivity index (χ3v) is 4.33. The summed E-state index contributed by atoms with van der Waals surface area (Å²) in [5, 5.41) is 5.78. The molecule has 0 bridgehead atoms. The predicted molar refractivity (Wildman–Crippen MR) is 98.4 cm³/mol. The number of anilines is 1. The summed E-state index contributed by atoms with van der Waals surface area (Å²) in [6, 6.07) is 5.56. The Hall–Kier alpha value is -2.47. The molecule has 0 unspecified atom stereocenters. The average molecular weight is 339 g/mol. The van der Waals surface area contributed by atoms with Gasteiger partial charge in [-0.25, -0.2) is 4.79 Å². The van der Waals surface area contributed by atoms with Crippen LogP contribution in [0.3, 0.4) is 0 Å². The largest absolute Gasteiger partial charge is 0.332 e. The number of fused-ring (bicyclic) bond motifs is 1. The number of aryl methyl sites for hydroxylation is 1. The maximum Gasteiger partial charge on any atom is 0.319 e. The SMILES string of the molecule is CN(C)Cc1cc(NC(=O)NCc2nccc3c2CCCC3)ccn1. The lowest BCUT2D eigenvalue weighted by molar-refractivity contribution is 0.251. The molecule has 3 rings (SSSR count). The fourth-order valence-corrected chi connectivity index (χ4v) is 3.20. The summed E-state index contributed by atoms with van der Waals surface area (Å²) in [6.45, 7) is 1.18. The normalized spacial score (nSPS) is 13.4. The monoisotopic (exact) mass is 339 g/mol. The Balaban J connectivity index is 1.59. The summed E-state index contributed by atoms with van der Waals surface area (Å²) < 4.78 is 0. The number of nitrogens with zero attached hydrogens (tertiary/aromatic N) is 3. The number of carbonyl (C=O) groups excluding carboxylic acids is 1. The molecule has 0 saturated heterocycles. The van der Waals surface area contributed by atoms with Crippen LogP contribution in [0, 0.1) is 0 Å². The Morgan fingerprint density at radius 1 is 1.16 bits per heavy atom. The van der Waals surface area contributed by atoms with Crippen LogP contribution >= 0.6 is 0 Å². The average Bonchev–Trinajstić information content (AvgIpc) is 2.59. The van der Waals surface area contributed by atoms with Crippen molar-refractivity contribution in [3.63, 3.8) is 0 Å². The van der Waals surface area contributed by atoms with Crippen LogP contribution in [0.15, 0.2) is 30.6 Å². The Morgan fingerprint density at radius 3 is 2.80 bits per heavy atom. The van der Waals surface area contributed by atoms with E-state index in [1.807, 2.05) is 31.3 Å². The van der Waals surface area contributed by atoms with Crippen molar-refractivity contribution in [2.45, 2.75) is 38.8 Å². The molecule has 25 heavy (non-hydrogen) atoms. The molecule has 2 amide bonds. The van der Waals surface area contributed by atoms with Crippen molar-refractivity contribution >= 4 is 11.7 Å². The second kappa shape index (κ2) is 8.07. The van der Waals surface area contributed by atoms with Crippen molar-refractivity contribution in [1.29, 1.82) is 0 Å². The molecule has 2 heterocycles. The van der Waals surface area contributed by atoms with E-state index in [4.69, 9.17) is 0 Å². The highest BCUT2D eigenvalue weighted by Gasteiger charge is 2.14. The molecule has 2 N–H and O–H groups in total. The highest BCUT2D eigenvalue weighted by Crippen LogP contribution is 2.22. The Labute approximate surface area is 148 Å². The zero-order chi connectivity index (χ0) is 17.6. The number of hydrogen-bond acceptors (Lipinski definition) is 4. The smallest absolute Gasteiger partial charge is 0.319 e. The van der Waals surface area contributed by atoms with E-state index in [0.29, 0.717) is 6.54 Å². The highest BCUT2D eigenvalue weighted by atomic mass is 16.2. The van der Waals surface area contributed by atoms with E-state index in [2.05, 4.69) is 26.7 Å². The van der Waals surface area contributed by atoms with Gasteiger partial charge in [0.05, 0.1) is 17.9 Å². The predicted octanol–water partition coefficient (Wildman–Crippen LogP) is 2.74. The summed E-state index contributed by atoms with van der Waals surface area (Å²) >= 11 is 0. The number of nitrogens with one attached hydrogen (secondary N) is 2. The van der Waals surface area contributed by atoms with Gasteiger partial charge in [0.25, 0.3) is 0 Å². The summed E-state index contributed by atoms with van der Waals surface area (Å²) in [7, 11) is 3.98. The van der Waals surface area contributed by atoms with Gasteiger partial charge in [-0.15, -0.1) is 0 Å². The minimum atomic E-state index is -0.225. The number of hydrogen-bond donors (Lipinski definition) is 2. The van der Waals surface area contributed by atoms with Crippen molar-refractivity contribution in [3.05, 3.63) is 53.1 Å². The molecular weight excluding hydrogens is 314 g/mol. The van der Waals surface area contributed by atoms with Crippen LogP contribution in [0.2, 0.25) is 0 Å². The van der Waals surface area contributed by atoms with Crippen LogP contribution in [-0.4, -0.2) is 35.0 Å². The fourth-order valence-electron chi connectivity index (χ4n) is 3.20. The summed E-state index contributed by atoms with van der Waals surface area (Å²) in [5.41, 5.74) is 5.33. The Kier molecular flexibility index (Phi) is 5.60.